The van der Waals surface area contributed by atoms with Gasteiger partial charge in [0, 0.05) is 43.3 Å². The van der Waals surface area contributed by atoms with Crippen LogP contribution in [0.4, 0.5) is 0 Å². The number of nitrogens with zero attached hydrogens (tertiary/aromatic N) is 3. The molecule has 3 atom stereocenters. The summed E-state index contributed by atoms with van der Waals surface area (Å²) in [6.45, 7) is 7.82. The van der Waals surface area contributed by atoms with Crippen LogP contribution in [0.1, 0.15) is 67.9 Å². The zero-order chi connectivity index (χ0) is 23.9. The van der Waals surface area contributed by atoms with Crippen molar-refractivity contribution < 1.29 is 9.53 Å². The monoisotopic (exact) mass is 507 g/mol. The SMILES string of the molecule is CC1CN(Cc2ccccc2)CC(C)N1C(=O)c1cn2c3c(cccc13)OC[C@H]2C1CCCCC1.Cl. The third-order valence-electron chi connectivity index (χ3n) is 8.48. The number of hydrogen-bond donors (Lipinski definition) is 0. The van der Waals surface area contributed by atoms with Crippen molar-refractivity contribution in [1.82, 2.24) is 14.4 Å². The van der Waals surface area contributed by atoms with Crippen molar-refractivity contribution in [2.24, 2.45) is 5.92 Å². The first-order valence-electron chi connectivity index (χ1n) is 13.5. The second-order valence-corrected chi connectivity index (χ2v) is 11.0. The Kier molecular flexibility index (Phi) is 7.32. The van der Waals surface area contributed by atoms with Crippen molar-refractivity contribution in [2.75, 3.05) is 19.7 Å². The first kappa shape index (κ1) is 25.2. The second kappa shape index (κ2) is 10.5. The summed E-state index contributed by atoms with van der Waals surface area (Å²) in [5.74, 6) is 1.71. The molecular weight excluding hydrogens is 470 g/mol. The quantitative estimate of drug-likeness (QED) is 0.415. The summed E-state index contributed by atoms with van der Waals surface area (Å²) >= 11 is 0. The standard InChI is InChI=1S/C30H37N3O2.ClH/c1-21-16-31(18-23-10-5-3-6-11-23)17-22(2)33(21)30(34)26-19-32-27(24-12-7-4-8-13-24)20-35-28-15-9-14-25(26)29(28)32;/h3,5-6,9-11,14-15,19,21-22,24,27H,4,7-8,12-13,16-18,20H2,1-2H3;1H/t21?,22?,27-;/m0./s1. The number of para-hydroxylation sites is 1. The third-order valence-corrected chi connectivity index (χ3v) is 8.48. The Morgan fingerprint density at radius 2 is 1.67 bits per heavy atom. The van der Waals surface area contributed by atoms with Crippen LogP contribution in [0.5, 0.6) is 5.75 Å². The largest absolute Gasteiger partial charge is 0.489 e. The number of benzene rings is 2. The number of hydrogen-bond acceptors (Lipinski definition) is 3. The molecular formula is C30H38ClN3O2. The normalized spacial score (nSPS) is 24.8. The van der Waals surface area contributed by atoms with Crippen LogP contribution in [-0.2, 0) is 6.54 Å². The Morgan fingerprint density at radius 3 is 2.39 bits per heavy atom. The van der Waals surface area contributed by atoms with E-state index in [4.69, 9.17) is 4.74 Å². The fourth-order valence-electron chi connectivity index (χ4n) is 6.91. The fourth-order valence-corrected chi connectivity index (χ4v) is 6.91. The van der Waals surface area contributed by atoms with Crippen molar-refractivity contribution >= 4 is 29.2 Å². The average molecular weight is 508 g/mol. The zero-order valence-electron chi connectivity index (χ0n) is 21.4. The lowest BCUT2D eigenvalue weighted by atomic mass is 9.83. The van der Waals surface area contributed by atoms with Crippen molar-refractivity contribution in [3.05, 3.63) is 65.9 Å². The van der Waals surface area contributed by atoms with Crippen LogP contribution in [0.3, 0.4) is 0 Å². The number of carbonyl (C=O) groups is 1. The molecule has 0 spiro atoms. The van der Waals surface area contributed by atoms with Gasteiger partial charge in [0.15, 0.2) is 0 Å². The van der Waals surface area contributed by atoms with E-state index in [1.807, 2.05) is 6.07 Å². The van der Waals surface area contributed by atoms with E-state index in [9.17, 15) is 4.79 Å². The van der Waals surface area contributed by atoms with Gasteiger partial charge < -0.3 is 14.2 Å². The summed E-state index contributed by atoms with van der Waals surface area (Å²) in [5.41, 5.74) is 3.28. The number of aromatic nitrogens is 1. The molecule has 6 heteroatoms. The van der Waals surface area contributed by atoms with Gasteiger partial charge in [0.1, 0.15) is 12.4 Å². The molecule has 0 bridgehead atoms. The maximum atomic E-state index is 14.1. The molecule has 192 valence electrons. The predicted molar refractivity (Wildman–Crippen MR) is 147 cm³/mol. The highest BCUT2D eigenvalue weighted by atomic mass is 35.5. The van der Waals surface area contributed by atoms with Crippen molar-refractivity contribution in [3.63, 3.8) is 0 Å². The Bertz CT molecular complexity index is 1190. The van der Waals surface area contributed by atoms with E-state index in [0.29, 0.717) is 18.6 Å². The van der Waals surface area contributed by atoms with Gasteiger partial charge >= 0.3 is 0 Å². The number of halogens is 1. The molecule has 1 saturated carbocycles. The number of rotatable bonds is 4. The predicted octanol–water partition coefficient (Wildman–Crippen LogP) is 6.31. The summed E-state index contributed by atoms with van der Waals surface area (Å²) < 4.78 is 8.66. The molecule has 36 heavy (non-hydrogen) atoms. The van der Waals surface area contributed by atoms with Crippen LogP contribution in [-0.4, -0.2) is 52.1 Å². The van der Waals surface area contributed by atoms with Crippen LogP contribution in [0.15, 0.2) is 54.7 Å². The first-order valence-corrected chi connectivity index (χ1v) is 13.5. The summed E-state index contributed by atoms with van der Waals surface area (Å²) in [6.07, 6.45) is 8.64. The fraction of sp³-hybridized carbons (Fsp3) is 0.500. The second-order valence-electron chi connectivity index (χ2n) is 11.0. The van der Waals surface area contributed by atoms with Crippen LogP contribution < -0.4 is 4.74 Å². The lowest BCUT2D eigenvalue weighted by Crippen LogP contribution is -2.58. The minimum absolute atomic E-state index is 0. The molecule has 5 nitrogen and oxygen atoms in total. The molecule has 1 amide bonds. The van der Waals surface area contributed by atoms with E-state index in [-0.39, 0.29) is 30.4 Å². The summed E-state index contributed by atoms with van der Waals surface area (Å²) in [7, 11) is 0. The van der Waals surface area contributed by atoms with E-state index in [0.717, 1.165) is 41.9 Å². The Hall–Kier alpha value is -2.50. The Balaban J connectivity index is 0.00000267. The minimum atomic E-state index is 0. The van der Waals surface area contributed by atoms with Gasteiger partial charge in [0.05, 0.1) is 17.1 Å². The Labute approximate surface area is 220 Å². The minimum Gasteiger partial charge on any atom is -0.489 e. The highest BCUT2D eigenvalue weighted by molar-refractivity contribution is 6.08. The lowest BCUT2D eigenvalue weighted by Gasteiger charge is -2.44. The van der Waals surface area contributed by atoms with Crippen molar-refractivity contribution in [2.45, 2.75) is 70.6 Å². The molecule has 1 saturated heterocycles. The highest BCUT2D eigenvalue weighted by Gasteiger charge is 2.37. The van der Waals surface area contributed by atoms with E-state index < -0.39 is 0 Å². The molecule has 2 aromatic carbocycles. The molecule has 2 fully saturated rings. The van der Waals surface area contributed by atoms with Gasteiger partial charge in [-0.1, -0.05) is 61.7 Å². The van der Waals surface area contributed by atoms with Crippen LogP contribution in [0, 0.1) is 5.92 Å². The van der Waals surface area contributed by atoms with Crippen LogP contribution in [0.2, 0.25) is 0 Å². The summed E-state index contributed by atoms with van der Waals surface area (Å²) in [6, 6.07) is 17.5. The van der Waals surface area contributed by atoms with Gasteiger partial charge in [-0.15, -0.1) is 12.4 Å². The van der Waals surface area contributed by atoms with Crippen molar-refractivity contribution in [3.8, 4) is 5.75 Å². The first-order chi connectivity index (χ1) is 17.1. The van der Waals surface area contributed by atoms with Crippen LogP contribution in [0.25, 0.3) is 10.9 Å². The maximum absolute atomic E-state index is 14.1. The third kappa shape index (κ3) is 4.52. The molecule has 3 heterocycles. The van der Waals surface area contributed by atoms with Gasteiger partial charge in [0.2, 0.25) is 0 Å². The molecule has 0 radical (unpaired) electrons. The van der Waals surface area contributed by atoms with Gasteiger partial charge in [0.25, 0.3) is 5.91 Å². The van der Waals surface area contributed by atoms with Gasteiger partial charge in [-0.3, -0.25) is 9.69 Å². The number of amides is 1. The molecule has 2 unspecified atom stereocenters. The summed E-state index contributed by atoms with van der Waals surface area (Å²) in [4.78, 5) is 18.7. The van der Waals surface area contributed by atoms with Gasteiger partial charge in [-0.05, 0) is 44.2 Å². The molecule has 1 aliphatic carbocycles. The topological polar surface area (TPSA) is 37.7 Å². The van der Waals surface area contributed by atoms with Crippen LogP contribution >= 0.6 is 12.4 Å². The lowest BCUT2D eigenvalue weighted by molar-refractivity contribution is 0.0269. The Morgan fingerprint density at radius 1 is 0.944 bits per heavy atom. The van der Waals surface area contributed by atoms with Crippen molar-refractivity contribution in [1.29, 1.82) is 0 Å². The molecule has 6 rings (SSSR count). The number of ether oxygens (including phenoxy) is 1. The molecule has 3 aromatic rings. The zero-order valence-corrected chi connectivity index (χ0v) is 22.3. The molecule has 2 aliphatic heterocycles. The number of carbonyl (C=O) groups excluding carboxylic acids is 1. The van der Waals surface area contributed by atoms with Gasteiger partial charge in [-0.2, -0.15) is 0 Å². The van der Waals surface area contributed by atoms with E-state index >= 15 is 0 Å². The molecule has 1 aromatic heterocycles. The smallest absolute Gasteiger partial charge is 0.256 e. The molecule has 0 N–H and O–H groups in total. The molecule has 3 aliphatic rings. The summed E-state index contributed by atoms with van der Waals surface area (Å²) in [5, 5.41) is 1.04. The van der Waals surface area contributed by atoms with E-state index in [1.54, 1.807) is 0 Å². The van der Waals surface area contributed by atoms with E-state index in [1.165, 1.54) is 37.7 Å². The van der Waals surface area contributed by atoms with Gasteiger partial charge in [-0.25, -0.2) is 0 Å². The average Bonchev–Trinajstić information content (AvgIpc) is 3.26. The number of piperazine rings is 1. The maximum Gasteiger partial charge on any atom is 0.256 e. The highest BCUT2D eigenvalue weighted by Crippen LogP contribution is 2.42. The van der Waals surface area contributed by atoms with E-state index in [2.05, 4.69) is 76.9 Å².